The number of nitrogens with two attached hydrogens (primary N) is 1. The van der Waals surface area contributed by atoms with Crippen molar-refractivity contribution in [2.24, 2.45) is 5.73 Å². The van der Waals surface area contributed by atoms with Gasteiger partial charge in [-0.2, -0.15) is 5.26 Å². The third-order valence-electron chi connectivity index (χ3n) is 4.47. The molecule has 0 amide bonds. The van der Waals surface area contributed by atoms with Crippen molar-refractivity contribution in [2.75, 3.05) is 6.54 Å². The summed E-state index contributed by atoms with van der Waals surface area (Å²) in [5.41, 5.74) is 9.75. The number of aryl methyl sites for hydroxylation is 1. The molecule has 3 aromatic heterocycles. The zero-order valence-electron chi connectivity index (χ0n) is 16.9. The maximum Gasteiger partial charge on any atom is 0.162 e. The van der Waals surface area contributed by atoms with Gasteiger partial charge in [0.15, 0.2) is 5.82 Å². The van der Waals surface area contributed by atoms with Crippen LogP contribution in [0, 0.1) is 18.3 Å². The van der Waals surface area contributed by atoms with Crippen molar-refractivity contribution in [3.05, 3.63) is 78.1 Å². The second-order valence-corrected chi connectivity index (χ2v) is 6.80. The Labute approximate surface area is 179 Å². The second kappa shape index (κ2) is 9.07. The van der Waals surface area contributed by atoms with Gasteiger partial charge in [-0.3, -0.25) is 15.0 Å². The van der Waals surface area contributed by atoms with Crippen LogP contribution in [0.3, 0.4) is 0 Å². The number of nitrogens with zero attached hydrogens (tertiary/aromatic N) is 6. The third-order valence-corrected chi connectivity index (χ3v) is 4.47. The van der Waals surface area contributed by atoms with Gasteiger partial charge in [-0.25, -0.2) is 9.97 Å². The molecule has 31 heavy (non-hydrogen) atoms. The van der Waals surface area contributed by atoms with Crippen molar-refractivity contribution in [3.63, 3.8) is 0 Å². The number of ether oxygens (including phenoxy) is 1. The minimum atomic E-state index is 0.471. The van der Waals surface area contributed by atoms with E-state index in [9.17, 15) is 5.26 Å². The first-order chi connectivity index (χ1) is 15.2. The van der Waals surface area contributed by atoms with E-state index in [1.54, 1.807) is 55.2 Å². The first kappa shape index (κ1) is 20.1. The van der Waals surface area contributed by atoms with Gasteiger partial charge in [0, 0.05) is 42.6 Å². The predicted octanol–water partition coefficient (Wildman–Crippen LogP) is 3.47. The van der Waals surface area contributed by atoms with Gasteiger partial charge in [0.25, 0.3) is 0 Å². The summed E-state index contributed by atoms with van der Waals surface area (Å²) < 4.78 is 6.19. The summed E-state index contributed by atoms with van der Waals surface area (Å²) in [4.78, 5) is 21.8. The van der Waals surface area contributed by atoms with Gasteiger partial charge in [-0.1, -0.05) is 0 Å². The predicted molar refractivity (Wildman–Crippen MR) is 115 cm³/mol. The summed E-state index contributed by atoms with van der Waals surface area (Å²) in [5.74, 6) is 1.53. The summed E-state index contributed by atoms with van der Waals surface area (Å²) >= 11 is 0. The lowest BCUT2D eigenvalue weighted by atomic mass is 10.1. The number of aromatic nitrogens is 5. The summed E-state index contributed by atoms with van der Waals surface area (Å²) in [6.45, 7) is 2.40. The summed E-state index contributed by atoms with van der Waals surface area (Å²) in [6.07, 6.45) is 9.07. The molecule has 0 saturated carbocycles. The first-order valence-corrected chi connectivity index (χ1v) is 9.64. The SMILES string of the molecule is Cc1cc(Oc2cc(C#N)ccc2-c2ncc(CCN)cn2)cc(-c2cnccn2)n1. The van der Waals surface area contributed by atoms with E-state index in [2.05, 4.69) is 31.0 Å². The van der Waals surface area contributed by atoms with Crippen molar-refractivity contribution in [1.82, 2.24) is 24.9 Å². The highest BCUT2D eigenvalue weighted by Crippen LogP contribution is 2.33. The summed E-state index contributed by atoms with van der Waals surface area (Å²) in [6, 6.07) is 10.9. The van der Waals surface area contributed by atoms with Crippen LogP contribution in [-0.4, -0.2) is 31.5 Å². The number of hydrogen-bond donors (Lipinski definition) is 1. The highest BCUT2D eigenvalue weighted by atomic mass is 16.5. The molecule has 0 aliphatic rings. The van der Waals surface area contributed by atoms with E-state index < -0.39 is 0 Å². The summed E-state index contributed by atoms with van der Waals surface area (Å²) in [7, 11) is 0. The molecule has 8 nitrogen and oxygen atoms in total. The van der Waals surface area contributed by atoms with Crippen LogP contribution in [0.25, 0.3) is 22.8 Å². The Morgan fingerprint density at radius 1 is 1.00 bits per heavy atom. The van der Waals surface area contributed by atoms with E-state index in [1.165, 1.54) is 0 Å². The van der Waals surface area contributed by atoms with Crippen LogP contribution in [0.5, 0.6) is 11.5 Å². The number of nitriles is 1. The van der Waals surface area contributed by atoms with Crippen LogP contribution < -0.4 is 10.5 Å². The van der Waals surface area contributed by atoms with E-state index in [0.29, 0.717) is 52.8 Å². The lowest BCUT2D eigenvalue weighted by molar-refractivity contribution is 0.483. The lowest BCUT2D eigenvalue weighted by Crippen LogP contribution is -2.04. The maximum atomic E-state index is 9.35. The van der Waals surface area contributed by atoms with Crippen LogP contribution >= 0.6 is 0 Å². The fourth-order valence-corrected chi connectivity index (χ4v) is 3.04. The van der Waals surface area contributed by atoms with Crippen LogP contribution in [0.1, 0.15) is 16.8 Å². The molecule has 4 rings (SSSR count). The molecule has 0 aliphatic carbocycles. The molecule has 0 bridgehead atoms. The zero-order valence-corrected chi connectivity index (χ0v) is 16.9. The number of pyridine rings is 1. The molecule has 3 heterocycles. The van der Waals surface area contributed by atoms with E-state index in [1.807, 2.05) is 13.0 Å². The van der Waals surface area contributed by atoms with Crippen molar-refractivity contribution >= 4 is 0 Å². The monoisotopic (exact) mass is 409 g/mol. The summed E-state index contributed by atoms with van der Waals surface area (Å²) in [5, 5.41) is 9.35. The van der Waals surface area contributed by atoms with Gasteiger partial charge in [0.2, 0.25) is 0 Å². The molecule has 0 atom stereocenters. The molecule has 4 aromatic rings. The largest absolute Gasteiger partial charge is 0.456 e. The van der Waals surface area contributed by atoms with Crippen molar-refractivity contribution < 1.29 is 4.74 Å². The maximum absolute atomic E-state index is 9.35. The first-order valence-electron chi connectivity index (χ1n) is 9.64. The average molecular weight is 409 g/mol. The standard InChI is InChI=1S/C23H19N7O/c1-15-8-18(10-20(30-15)21-14-26-6-7-27-21)31-22-9-16(11-25)2-3-19(22)23-28-12-17(4-5-24)13-29-23/h2-3,6-10,12-14H,4-5,24H2,1H3. The number of rotatable bonds is 6. The van der Waals surface area contributed by atoms with Crippen molar-refractivity contribution in [3.8, 4) is 40.3 Å². The van der Waals surface area contributed by atoms with Crippen LogP contribution in [0.15, 0.2) is 61.3 Å². The highest BCUT2D eigenvalue weighted by Gasteiger charge is 2.13. The molecule has 0 saturated heterocycles. The molecular formula is C23H19N7O. The van der Waals surface area contributed by atoms with Gasteiger partial charge in [0.05, 0.1) is 29.1 Å². The van der Waals surface area contributed by atoms with Gasteiger partial charge >= 0.3 is 0 Å². The van der Waals surface area contributed by atoms with E-state index in [0.717, 1.165) is 11.3 Å². The third kappa shape index (κ3) is 4.69. The fraction of sp³-hybridized carbons (Fsp3) is 0.130. The molecule has 8 heteroatoms. The smallest absolute Gasteiger partial charge is 0.162 e. The second-order valence-electron chi connectivity index (χ2n) is 6.80. The molecular weight excluding hydrogens is 390 g/mol. The molecule has 0 fully saturated rings. The normalized spacial score (nSPS) is 10.5. The Hall–Kier alpha value is -4.22. The molecule has 0 radical (unpaired) electrons. The quantitative estimate of drug-likeness (QED) is 0.513. The molecule has 0 spiro atoms. The van der Waals surface area contributed by atoms with Crippen molar-refractivity contribution in [2.45, 2.75) is 13.3 Å². The Morgan fingerprint density at radius 3 is 2.55 bits per heavy atom. The Bertz CT molecular complexity index is 1240. The zero-order chi connectivity index (χ0) is 21.6. The number of hydrogen-bond acceptors (Lipinski definition) is 8. The molecule has 1 aromatic carbocycles. The van der Waals surface area contributed by atoms with Gasteiger partial charge in [-0.15, -0.1) is 0 Å². The topological polar surface area (TPSA) is 123 Å². The van der Waals surface area contributed by atoms with E-state index >= 15 is 0 Å². The Morgan fingerprint density at radius 2 is 1.84 bits per heavy atom. The molecule has 0 aliphatic heterocycles. The van der Waals surface area contributed by atoms with Gasteiger partial charge in [-0.05, 0) is 43.7 Å². The molecule has 0 unspecified atom stereocenters. The Kier molecular flexibility index (Phi) is 5.87. The number of benzene rings is 1. The van der Waals surface area contributed by atoms with Gasteiger partial charge < -0.3 is 10.5 Å². The average Bonchev–Trinajstić information content (AvgIpc) is 2.80. The fourth-order valence-electron chi connectivity index (χ4n) is 3.04. The van der Waals surface area contributed by atoms with Gasteiger partial charge in [0.1, 0.15) is 17.2 Å². The lowest BCUT2D eigenvalue weighted by Gasteiger charge is -2.12. The van der Waals surface area contributed by atoms with Crippen LogP contribution in [0.4, 0.5) is 0 Å². The minimum absolute atomic E-state index is 0.471. The molecule has 152 valence electrons. The van der Waals surface area contributed by atoms with Crippen LogP contribution in [0.2, 0.25) is 0 Å². The minimum Gasteiger partial charge on any atom is -0.456 e. The van der Waals surface area contributed by atoms with Crippen LogP contribution in [-0.2, 0) is 6.42 Å². The molecule has 2 N–H and O–H groups in total. The van der Waals surface area contributed by atoms with Crippen molar-refractivity contribution in [1.29, 1.82) is 5.26 Å². The van der Waals surface area contributed by atoms with E-state index in [-0.39, 0.29) is 0 Å². The Balaban J connectivity index is 1.73. The highest BCUT2D eigenvalue weighted by molar-refractivity contribution is 5.67. The van der Waals surface area contributed by atoms with E-state index in [4.69, 9.17) is 10.5 Å².